The molecule has 1 atom stereocenters. The number of sulfonamides is 1. The van der Waals surface area contributed by atoms with Crippen LogP contribution in [0.25, 0.3) is 0 Å². The molecule has 0 aromatic heterocycles. The summed E-state index contributed by atoms with van der Waals surface area (Å²) in [7, 11) is -3.66. The summed E-state index contributed by atoms with van der Waals surface area (Å²) in [6, 6.07) is 21.6. The Morgan fingerprint density at radius 1 is 1.03 bits per heavy atom. The zero-order chi connectivity index (χ0) is 21.3. The fraction of sp³-hybridized carbons (Fsp3) is 0.208. The van der Waals surface area contributed by atoms with Crippen molar-refractivity contribution in [1.82, 2.24) is 5.32 Å². The lowest BCUT2D eigenvalue weighted by Gasteiger charge is -2.24. The van der Waals surface area contributed by atoms with E-state index in [0.29, 0.717) is 24.2 Å². The Bertz CT molecular complexity index is 1170. The van der Waals surface area contributed by atoms with Gasteiger partial charge in [-0.25, -0.2) is 8.42 Å². The summed E-state index contributed by atoms with van der Waals surface area (Å²) < 4.78 is 28.0. The molecule has 1 aliphatic heterocycles. The van der Waals surface area contributed by atoms with Crippen LogP contribution in [0.1, 0.15) is 34.0 Å². The van der Waals surface area contributed by atoms with Crippen LogP contribution < -0.4 is 9.62 Å². The van der Waals surface area contributed by atoms with Crippen molar-refractivity contribution in [2.24, 2.45) is 0 Å². The van der Waals surface area contributed by atoms with E-state index in [2.05, 4.69) is 5.32 Å². The van der Waals surface area contributed by atoms with Gasteiger partial charge in [0.15, 0.2) is 0 Å². The highest BCUT2D eigenvalue weighted by Crippen LogP contribution is 2.37. The van der Waals surface area contributed by atoms with Crippen LogP contribution in [-0.2, 0) is 23.0 Å². The molecule has 4 rings (SSSR count). The number of nitrogens with one attached hydrogen (secondary N) is 1. The SMILES string of the molecule is Cc1ccc(S(=O)(=O)N2c3ccc(C(=O)NCc4ccccc4)cc3C[C@H]2C)cc1. The first kappa shape index (κ1) is 20.2. The number of hydrogen-bond donors (Lipinski definition) is 1. The van der Waals surface area contributed by atoms with Crippen LogP contribution in [0.15, 0.2) is 77.7 Å². The number of nitrogens with zero attached hydrogens (tertiary/aromatic N) is 1. The Morgan fingerprint density at radius 2 is 1.73 bits per heavy atom. The molecular weight excluding hydrogens is 396 g/mol. The number of aryl methyl sites for hydroxylation is 1. The third kappa shape index (κ3) is 3.83. The maximum absolute atomic E-state index is 13.2. The molecule has 154 valence electrons. The highest BCUT2D eigenvalue weighted by atomic mass is 32.2. The monoisotopic (exact) mass is 420 g/mol. The lowest BCUT2D eigenvalue weighted by molar-refractivity contribution is 0.0951. The third-order valence-corrected chi connectivity index (χ3v) is 7.31. The number of fused-ring (bicyclic) bond motifs is 1. The molecule has 5 nitrogen and oxygen atoms in total. The minimum absolute atomic E-state index is 0.172. The molecule has 0 fully saturated rings. The number of carbonyl (C=O) groups is 1. The maximum Gasteiger partial charge on any atom is 0.264 e. The Labute approximate surface area is 177 Å². The number of benzene rings is 3. The first-order valence-electron chi connectivity index (χ1n) is 9.92. The predicted molar refractivity (Wildman–Crippen MR) is 118 cm³/mol. The van der Waals surface area contributed by atoms with Gasteiger partial charge in [0.1, 0.15) is 0 Å². The van der Waals surface area contributed by atoms with Gasteiger partial charge in [0.2, 0.25) is 0 Å². The van der Waals surface area contributed by atoms with E-state index in [0.717, 1.165) is 16.7 Å². The molecule has 0 radical (unpaired) electrons. The first-order valence-corrected chi connectivity index (χ1v) is 11.4. The smallest absolute Gasteiger partial charge is 0.264 e. The van der Waals surface area contributed by atoms with E-state index < -0.39 is 10.0 Å². The molecule has 0 spiro atoms. The van der Waals surface area contributed by atoms with E-state index in [1.54, 1.807) is 42.5 Å². The minimum atomic E-state index is -3.66. The molecule has 0 bridgehead atoms. The largest absolute Gasteiger partial charge is 0.348 e. The van der Waals surface area contributed by atoms with Gasteiger partial charge in [-0.3, -0.25) is 9.10 Å². The van der Waals surface area contributed by atoms with E-state index in [1.807, 2.05) is 44.2 Å². The van der Waals surface area contributed by atoms with Crippen molar-refractivity contribution < 1.29 is 13.2 Å². The number of amides is 1. The zero-order valence-corrected chi connectivity index (χ0v) is 17.8. The molecule has 1 heterocycles. The van der Waals surface area contributed by atoms with Gasteiger partial charge in [-0.05, 0) is 61.7 Å². The van der Waals surface area contributed by atoms with Gasteiger partial charge in [-0.15, -0.1) is 0 Å². The van der Waals surface area contributed by atoms with E-state index in [1.165, 1.54) is 4.31 Å². The van der Waals surface area contributed by atoms with E-state index >= 15 is 0 Å². The average Bonchev–Trinajstić information content (AvgIpc) is 3.08. The van der Waals surface area contributed by atoms with Crippen molar-refractivity contribution in [2.75, 3.05) is 4.31 Å². The molecule has 30 heavy (non-hydrogen) atoms. The summed E-state index contributed by atoms with van der Waals surface area (Å²) in [6.45, 7) is 4.26. The van der Waals surface area contributed by atoms with Crippen LogP contribution in [0, 0.1) is 6.92 Å². The van der Waals surface area contributed by atoms with Crippen LogP contribution in [-0.4, -0.2) is 20.4 Å². The number of carbonyl (C=O) groups excluding carboxylic acids is 1. The third-order valence-electron chi connectivity index (χ3n) is 5.37. The second kappa shape index (κ2) is 7.95. The van der Waals surface area contributed by atoms with E-state index in [4.69, 9.17) is 0 Å². The summed E-state index contributed by atoms with van der Waals surface area (Å²) >= 11 is 0. The molecule has 3 aromatic rings. The fourth-order valence-electron chi connectivity index (χ4n) is 3.81. The number of hydrogen-bond acceptors (Lipinski definition) is 3. The number of rotatable bonds is 5. The average molecular weight is 421 g/mol. The summed E-state index contributed by atoms with van der Waals surface area (Å²) in [5, 5.41) is 2.92. The second-order valence-corrected chi connectivity index (χ2v) is 9.49. The van der Waals surface area contributed by atoms with E-state index in [-0.39, 0.29) is 16.8 Å². The quantitative estimate of drug-likeness (QED) is 0.677. The van der Waals surface area contributed by atoms with Crippen molar-refractivity contribution in [3.05, 3.63) is 95.1 Å². The fourth-order valence-corrected chi connectivity index (χ4v) is 5.51. The molecule has 0 saturated carbocycles. The highest BCUT2D eigenvalue weighted by molar-refractivity contribution is 7.92. The van der Waals surface area contributed by atoms with Crippen LogP contribution in [0.2, 0.25) is 0 Å². The summed E-state index contributed by atoms with van der Waals surface area (Å²) in [6.07, 6.45) is 0.570. The van der Waals surface area contributed by atoms with Crippen LogP contribution in [0.3, 0.4) is 0 Å². The molecule has 6 heteroatoms. The Kier molecular flexibility index (Phi) is 5.35. The standard InChI is InChI=1S/C24H24N2O3S/c1-17-8-11-22(12-9-17)30(28,29)26-18(2)14-21-15-20(10-13-23(21)26)24(27)25-16-19-6-4-3-5-7-19/h3-13,15,18H,14,16H2,1-2H3,(H,25,27)/t18-/m1/s1. The van der Waals surface area contributed by atoms with Crippen molar-refractivity contribution in [1.29, 1.82) is 0 Å². The maximum atomic E-state index is 13.2. The molecule has 1 amide bonds. The number of anilines is 1. The van der Waals surface area contributed by atoms with Gasteiger partial charge < -0.3 is 5.32 Å². The predicted octanol–water partition coefficient (Wildman–Crippen LogP) is 4.06. The molecule has 1 N–H and O–H groups in total. The molecule has 3 aromatic carbocycles. The van der Waals surface area contributed by atoms with Gasteiger partial charge in [0.25, 0.3) is 15.9 Å². The zero-order valence-electron chi connectivity index (χ0n) is 17.0. The van der Waals surface area contributed by atoms with Crippen molar-refractivity contribution in [2.45, 2.75) is 37.8 Å². The van der Waals surface area contributed by atoms with E-state index in [9.17, 15) is 13.2 Å². The molecule has 1 aliphatic rings. The first-order chi connectivity index (χ1) is 14.4. The molecule has 0 aliphatic carbocycles. The van der Waals surface area contributed by atoms with Gasteiger partial charge >= 0.3 is 0 Å². The second-order valence-electron chi connectivity index (χ2n) is 7.68. The van der Waals surface area contributed by atoms with Crippen LogP contribution in [0.4, 0.5) is 5.69 Å². The summed E-state index contributed by atoms with van der Waals surface area (Å²) in [4.78, 5) is 12.9. The van der Waals surface area contributed by atoms with Crippen molar-refractivity contribution in [3.8, 4) is 0 Å². The van der Waals surface area contributed by atoms with Gasteiger partial charge in [-0.2, -0.15) is 0 Å². The normalized spacial score (nSPS) is 15.7. The lowest BCUT2D eigenvalue weighted by Crippen LogP contribution is -2.35. The summed E-state index contributed by atoms with van der Waals surface area (Å²) in [5.41, 5.74) is 4.07. The van der Waals surface area contributed by atoms with Gasteiger partial charge in [0.05, 0.1) is 10.6 Å². The Hall–Kier alpha value is -3.12. The molecule has 0 saturated heterocycles. The Balaban J connectivity index is 1.57. The lowest BCUT2D eigenvalue weighted by atomic mass is 10.1. The minimum Gasteiger partial charge on any atom is -0.348 e. The molecule has 0 unspecified atom stereocenters. The molecular formula is C24H24N2O3S. The summed E-state index contributed by atoms with van der Waals surface area (Å²) in [5.74, 6) is -0.172. The highest BCUT2D eigenvalue weighted by Gasteiger charge is 2.36. The van der Waals surface area contributed by atoms with Gasteiger partial charge in [-0.1, -0.05) is 48.0 Å². The van der Waals surface area contributed by atoms with Crippen LogP contribution in [0.5, 0.6) is 0 Å². The Morgan fingerprint density at radius 3 is 2.43 bits per heavy atom. The van der Waals surface area contributed by atoms with Crippen molar-refractivity contribution in [3.63, 3.8) is 0 Å². The van der Waals surface area contributed by atoms with Crippen molar-refractivity contribution >= 4 is 21.6 Å². The van der Waals surface area contributed by atoms with Crippen LogP contribution >= 0.6 is 0 Å². The van der Waals surface area contributed by atoms with Gasteiger partial charge in [0, 0.05) is 18.2 Å². The topological polar surface area (TPSA) is 66.5 Å².